The molecule has 7 heteroatoms. The molecule has 2 atom stereocenters. The van der Waals surface area contributed by atoms with E-state index in [1.54, 1.807) is 6.08 Å². The Morgan fingerprint density at radius 3 is 2.55 bits per heavy atom. The SMILES string of the molecule is O=S(OC1=CCC(COCc2ccccc2)CC1)C(F)(F)F. The van der Waals surface area contributed by atoms with E-state index in [1.807, 2.05) is 30.3 Å². The Kier molecular flexibility index (Phi) is 6.02. The second kappa shape index (κ2) is 7.78. The van der Waals surface area contributed by atoms with Crippen LogP contribution in [-0.2, 0) is 26.6 Å². The van der Waals surface area contributed by atoms with Crippen LogP contribution in [0, 0.1) is 5.92 Å². The van der Waals surface area contributed by atoms with E-state index in [4.69, 9.17) is 4.74 Å². The topological polar surface area (TPSA) is 35.5 Å². The summed E-state index contributed by atoms with van der Waals surface area (Å²) in [5.41, 5.74) is -3.75. The Morgan fingerprint density at radius 2 is 1.95 bits per heavy atom. The van der Waals surface area contributed by atoms with Crippen molar-refractivity contribution in [3.8, 4) is 0 Å². The molecule has 0 spiro atoms. The highest BCUT2D eigenvalue weighted by atomic mass is 32.2. The van der Waals surface area contributed by atoms with Crippen molar-refractivity contribution in [1.29, 1.82) is 0 Å². The minimum Gasteiger partial charge on any atom is -0.399 e. The predicted molar refractivity (Wildman–Crippen MR) is 76.8 cm³/mol. The van der Waals surface area contributed by atoms with Gasteiger partial charge in [-0.3, -0.25) is 0 Å². The molecule has 0 amide bonds. The summed E-state index contributed by atoms with van der Waals surface area (Å²) in [5, 5.41) is 0. The standard InChI is InChI=1S/C15H17F3O3S/c16-15(17,18)22(19)21-14-8-6-13(7-9-14)11-20-10-12-4-2-1-3-5-12/h1-5,8,13H,6-7,9-11H2. The summed E-state index contributed by atoms with van der Waals surface area (Å²) in [6, 6.07) is 9.75. The highest BCUT2D eigenvalue weighted by Gasteiger charge is 2.40. The average molecular weight is 334 g/mol. The van der Waals surface area contributed by atoms with E-state index in [2.05, 4.69) is 4.18 Å². The van der Waals surface area contributed by atoms with Gasteiger partial charge in [0.15, 0.2) is 0 Å². The Bertz CT molecular complexity index is 529. The van der Waals surface area contributed by atoms with Crippen molar-refractivity contribution < 1.29 is 26.3 Å². The maximum atomic E-state index is 12.1. The van der Waals surface area contributed by atoms with E-state index < -0.39 is 16.6 Å². The van der Waals surface area contributed by atoms with Crippen LogP contribution < -0.4 is 0 Å². The first-order valence-electron chi connectivity index (χ1n) is 6.93. The molecule has 2 unspecified atom stereocenters. The van der Waals surface area contributed by atoms with Gasteiger partial charge in [0.05, 0.1) is 13.2 Å². The fourth-order valence-electron chi connectivity index (χ4n) is 2.15. The number of benzene rings is 1. The van der Waals surface area contributed by atoms with Crippen LogP contribution in [0.25, 0.3) is 0 Å². The van der Waals surface area contributed by atoms with Gasteiger partial charge >= 0.3 is 16.6 Å². The van der Waals surface area contributed by atoms with Crippen LogP contribution >= 0.6 is 0 Å². The lowest BCUT2D eigenvalue weighted by Crippen LogP contribution is -2.20. The first kappa shape index (κ1) is 17.0. The molecule has 0 saturated carbocycles. The van der Waals surface area contributed by atoms with E-state index >= 15 is 0 Å². The number of hydrogen-bond donors (Lipinski definition) is 0. The van der Waals surface area contributed by atoms with Crippen LogP contribution in [0.1, 0.15) is 24.8 Å². The minimum absolute atomic E-state index is 0.148. The van der Waals surface area contributed by atoms with Crippen LogP contribution in [0.2, 0.25) is 0 Å². The molecule has 22 heavy (non-hydrogen) atoms. The van der Waals surface area contributed by atoms with Gasteiger partial charge in [-0.15, -0.1) is 0 Å². The summed E-state index contributed by atoms with van der Waals surface area (Å²) in [4.78, 5) is 0. The Hall–Kier alpha value is -1.34. The molecule has 0 radical (unpaired) electrons. The summed E-state index contributed by atoms with van der Waals surface area (Å²) in [6.45, 7) is 1.06. The minimum atomic E-state index is -4.84. The lowest BCUT2D eigenvalue weighted by Gasteiger charge is -2.21. The number of rotatable bonds is 6. The molecule has 0 aliphatic heterocycles. The van der Waals surface area contributed by atoms with Gasteiger partial charge in [0.1, 0.15) is 5.76 Å². The van der Waals surface area contributed by atoms with Crippen molar-refractivity contribution >= 4 is 11.1 Å². The molecule has 3 nitrogen and oxygen atoms in total. The third-order valence-electron chi connectivity index (χ3n) is 3.31. The van der Waals surface area contributed by atoms with Gasteiger partial charge in [0, 0.05) is 6.42 Å². The molecule has 1 aliphatic rings. The molecular formula is C15H17F3O3S. The zero-order valence-corrected chi connectivity index (χ0v) is 12.7. The monoisotopic (exact) mass is 334 g/mol. The second-order valence-corrected chi connectivity index (χ2v) is 6.17. The fraction of sp³-hybridized carbons (Fsp3) is 0.467. The van der Waals surface area contributed by atoms with Crippen LogP contribution in [0.15, 0.2) is 42.2 Å². The first-order chi connectivity index (χ1) is 10.4. The third-order valence-corrected chi connectivity index (χ3v) is 4.06. The van der Waals surface area contributed by atoms with Crippen LogP contribution in [0.3, 0.4) is 0 Å². The number of halogens is 3. The number of allylic oxidation sites excluding steroid dienone is 2. The highest BCUT2D eigenvalue weighted by Crippen LogP contribution is 2.29. The zero-order chi connectivity index (χ0) is 16.0. The van der Waals surface area contributed by atoms with Crippen LogP contribution in [-0.4, -0.2) is 16.3 Å². The summed E-state index contributed by atoms with van der Waals surface area (Å²) >= 11 is -3.28. The lowest BCUT2D eigenvalue weighted by atomic mass is 9.94. The maximum absolute atomic E-state index is 12.1. The van der Waals surface area contributed by atoms with Gasteiger partial charge in [-0.1, -0.05) is 30.3 Å². The molecule has 2 rings (SSSR count). The summed E-state index contributed by atoms with van der Waals surface area (Å²) in [6.07, 6.45) is 3.15. The van der Waals surface area contributed by atoms with Crippen molar-refractivity contribution in [2.24, 2.45) is 5.92 Å². The summed E-state index contributed by atoms with van der Waals surface area (Å²) in [5.74, 6) is 0.394. The summed E-state index contributed by atoms with van der Waals surface area (Å²) in [7, 11) is 0. The predicted octanol–water partition coefficient (Wildman–Crippen LogP) is 4.09. The Morgan fingerprint density at radius 1 is 1.23 bits per heavy atom. The normalized spacial score (nSPS) is 20.3. The Labute approximate surface area is 129 Å². The number of ether oxygens (including phenoxy) is 1. The van der Waals surface area contributed by atoms with Gasteiger partial charge in [0.25, 0.3) is 0 Å². The molecule has 1 aromatic carbocycles. The number of alkyl halides is 3. The third kappa shape index (κ3) is 5.46. The van der Waals surface area contributed by atoms with E-state index in [0.29, 0.717) is 32.5 Å². The van der Waals surface area contributed by atoms with Crippen molar-refractivity contribution in [2.75, 3.05) is 6.61 Å². The second-order valence-electron chi connectivity index (χ2n) is 5.08. The van der Waals surface area contributed by atoms with Gasteiger partial charge in [-0.25, -0.2) is 4.21 Å². The molecule has 0 aromatic heterocycles. The molecule has 0 heterocycles. The molecule has 1 aliphatic carbocycles. The van der Waals surface area contributed by atoms with E-state index in [0.717, 1.165) is 5.56 Å². The molecule has 1 aromatic rings. The Balaban J connectivity index is 1.71. The zero-order valence-electron chi connectivity index (χ0n) is 11.8. The van der Waals surface area contributed by atoms with Crippen molar-refractivity contribution in [2.45, 2.75) is 31.4 Å². The molecule has 122 valence electrons. The summed E-state index contributed by atoms with van der Waals surface area (Å²) < 4.78 is 57.3. The molecule has 0 saturated heterocycles. The fourth-order valence-corrected chi connectivity index (χ4v) is 2.59. The van der Waals surface area contributed by atoms with Crippen LogP contribution in [0.4, 0.5) is 13.2 Å². The smallest absolute Gasteiger partial charge is 0.399 e. The van der Waals surface area contributed by atoms with Crippen molar-refractivity contribution in [3.05, 3.63) is 47.7 Å². The van der Waals surface area contributed by atoms with Crippen molar-refractivity contribution in [1.82, 2.24) is 0 Å². The average Bonchev–Trinajstić information content (AvgIpc) is 2.49. The molecular weight excluding hydrogens is 317 g/mol. The van der Waals surface area contributed by atoms with E-state index in [1.165, 1.54) is 0 Å². The molecule has 0 bridgehead atoms. The van der Waals surface area contributed by atoms with Gasteiger partial charge in [-0.05, 0) is 30.4 Å². The van der Waals surface area contributed by atoms with Gasteiger partial charge in [0.2, 0.25) is 0 Å². The largest absolute Gasteiger partial charge is 0.508 e. The van der Waals surface area contributed by atoms with Crippen LogP contribution in [0.5, 0.6) is 0 Å². The molecule has 0 fully saturated rings. The van der Waals surface area contributed by atoms with E-state index in [9.17, 15) is 17.4 Å². The lowest BCUT2D eigenvalue weighted by molar-refractivity contribution is -0.0458. The molecule has 0 N–H and O–H groups in total. The number of hydrogen-bond acceptors (Lipinski definition) is 3. The quantitative estimate of drug-likeness (QED) is 0.786. The van der Waals surface area contributed by atoms with Gasteiger partial charge in [-0.2, -0.15) is 13.2 Å². The van der Waals surface area contributed by atoms with Gasteiger partial charge < -0.3 is 8.92 Å². The first-order valence-corrected chi connectivity index (χ1v) is 8.00. The van der Waals surface area contributed by atoms with E-state index in [-0.39, 0.29) is 11.7 Å². The van der Waals surface area contributed by atoms with Crippen molar-refractivity contribution in [3.63, 3.8) is 0 Å². The highest BCUT2D eigenvalue weighted by molar-refractivity contribution is 7.81. The maximum Gasteiger partial charge on any atom is 0.508 e.